The number of alkyl carbamates (subject to hydrolysis) is 1. The van der Waals surface area contributed by atoms with Crippen LogP contribution in [0, 0.1) is 5.92 Å². The van der Waals surface area contributed by atoms with Crippen molar-refractivity contribution in [1.29, 1.82) is 0 Å². The number of nitrogens with one attached hydrogen (secondary N) is 1. The largest absolute Gasteiger partial charge is 0.493 e. The summed E-state index contributed by atoms with van der Waals surface area (Å²) in [6.45, 7) is 6.19. The van der Waals surface area contributed by atoms with Gasteiger partial charge in [-0.3, -0.25) is 0 Å². The van der Waals surface area contributed by atoms with Gasteiger partial charge in [0.15, 0.2) is 11.5 Å². The second-order valence-electron chi connectivity index (χ2n) is 7.54. The lowest BCUT2D eigenvalue weighted by Crippen LogP contribution is -2.24. The topological polar surface area (TPSA) is 117 Å². The van der Waals surface area contributed by atoms with E-state index in [2.05, 4.69) is 34.1 Å². The van der Waals surface area contributed by atoms with Crippen LogP contribution in [0.4, 0.5) is 10.6 Å². The van der Waals surface area contributed by atoms with Gasteiger partial charge in [-0.15, -0.1) is 0 Å². The number of benzene rings is 1. The van der Waals surface area contributed by atoms with Crippen LogP contribution in [0.1, 0.15) is 32.3 Å². The molecule has 10 heteroatoms. The highest BCUT2D eigenvalue weighted by molar-refractivity contribution is 6.28. The summed E-state index contributed by atoms with van der Waals surface area (Å²) >= 11 is 5.87. The van der Waals surface area contributed by atoms with Crippen LogP contribution in [0.25, 0.3) is 11.2 Å². The number of aryl methyl sites for hydroxylation is 1. The minimum Gasteiger partial charge on any atom is -0.493 e. The normalized spacial score (nSPS) is 11.1. The Bertz CT molecular complexity index is 1020. The lowest BCUT2D eigenvalue weighted by molar-refractivity contribution is 0.143. The number of fused-ring (bicyclic) bond motifs is 1. The number of nitrogen functional groups attached to an aromatic ring is 1. The Hall–Kier alpha value is -3.07. The van der Waals surface area contributed by atoms with Crippen LogP contribution >= 0.6 is 11.6 Å². The molecule has 0 radical (unpaired) electrons. The Labute approximate surface area is 185 Å². The van der Waals surface area contributed by atoms with Gasteiger partial charge >= 0.3 is 6.09 Å². The number of anilines is 1. The monoisotopic (exact) mass is 446 g/mol. The summed E-state index contributed by atoms with van der Waals surface area (Å²) in [7, 11) is 0. The molecule has 0 unspecified atom stereocenters. The van der Waals surface area contributed by atoms with Gasteiger partial charge in [-0.2, -0.15) is 9.97 Å². The number of carbonyl (C=O) groups excluding carboxylic acids is 1. The molecule has 2 heterocycles. The van der Waals surface area contributed by atoms with Crippen molar-refractivity contribution in [3.05, 3.63) is 41.4 Å². The molecule has 0 spiro atoms. The Morgan fingerprint density at radius 3 is 2.94 bits per heavy atom. The maximum atomic E-state index is 11.9. The van der Waals surface area contributed by atoms with Crippen molar-refractivity contribution in [2.24, 2.45) is 5.92 Å². The van der Waals surface area contributed by atoms with Crippen molar-refractivity contribution in [2.45, 2.75) is 39.8 Å². The molecular weight excluding hydrogens is 420 g/mol. The number of carbonyl (C=O) groups is 1. The van der Waals surface area contributed by atoms with E-state index in [-0.39, 0.29) is 11.1 Å². The molecule has 0 atom stereocenters. The van der Waals surface area contributed by atoms with Crippen LogP contribution < -0.4 is 15.8 Å². The summed E-state index contributed by atoms with van der Waals surface area (Å²) in [6, 6.07) is 7.66. The molecule has 0 saturated carbocycles. The zero-order valence-corrected chi connectivity index (χ0v) is 18.4. The molecule has 0 aliphatic rings. The van der Waals surface area contributed by atoms with Gasteiger partial charge < -0.3 is 25.1 Å². The number of amides is 1. The smallest absolute Gasteiger partial charge is 0.407 e. The van der Waals surface area contributed by atoms with E-state index in [4.69, 9.17) is 26.8 Å². The number of hydrogen-bond donors (Lipinski definition) is 2. The fraction of sp³-hybridized carbons (Fsp3) is 0.429. The zero-order valence-electron chi connectivity index (χ0n) is 17.7. The maximum absolute atomic E-state index is 11.9. The third kappa shape index (κ3) is 6.71. The highest BCUT2D eigenvalue weighted by atomic mass is 35.5. The zero-order chi connectivity index (χ0) is 22.2. The molecule has 0 aliphatic carbocycles. The number of nitrogens with two attached hydrogens (primary N) is 1. The standard InChI is InChI=1S/C21H27ClN6O3/c1-14(2)12-31-16-7-5-6-15(10-16)11-24-21(29)30-9-4-3-8-28-13-25-17-18(23)26-20(22)27-19(17)28/h5-7,10,13-14H,3-4,8-9,11-12H2,1-2H3,(H,24,29)(H2,23,26,27). The van der Waals surface area contributed by atoms with Crippen molar-refractivity contribution in [1.82, 2.24) is 24.8 Å². The molecule has 1 aromatic carbocycles. The molecule has 166 valence electrons. The van der Waals surface area contributed by atoms with Crippen LogP contribution in [0.15, 0.2) is 30.6 Å². The summed E-state index contributed by atoms with van der Waals surface area (Å²) in [5.74, 6) is 1.50. The van der Waals surface area contributed by atoms with Gasteiger partial charge in [0, 0.05) is 13.1 Å². The molecule has 3 N–H and O–H groups in total. The van der Waals surface area contributed by atoms with Crippen LogP contribution in [0.5, 0.6) is 5.75 Å². The second-order valence-corrected chi connectivity index (χ2v) is 7.87. The lowest BCUT2D eigenvalue weighted by atomic mass is 10.2. The van der Waals surface area contributed by atoms with E-state index >= 15 is 0 Å². The quantitative estimate of drug-likeness (QED) is 0.359. The molecule has 0 bridgehead atoms. The highest BCUT2D eigenvalue weighted by Crippen LogP contribution is 2.18. The van der Waals surface area contributed by atoms with E-state index in [9.17, 15) is 4.79 Å². The predicted molar refractivity (Wildman–Crippen MR) is 119 cm³/mol. The summed E-state index contributed by atoms with van der Waals surface area (Å²) in [5, 5.41) is 2.84. The third-order valence-electron chi connectivity index (χ3n) is 4.41. The predicted octanol–water partition coefficient (Wildman–Crippen LogP) is 3.80. The van der Waals surface area contributed by atoms with Gasteiger partial charge in [0.05, 0.1) is 19.5 Å². The van der Waals surface area contributed by atoms with Gasteiger partial charge in [-0.25, -0.2) is 9.78 Å². The summed E-state index contributed by atoms with van der Waals surface area (Å²) in [6.07, 6.45) is 2.67. The number of nitrogens with zero attached hydrogens (tertiary/aromatic N) is 4. The van der Waals surface area contributed by atoms with Crippen LogP contribution in [0.3, 0.4) is 0 Å². The average molecular weight is 447 g/mol. The van der Waals surface area contributed by atoms with Crippen molar-refractivity contribution in [3.8, 4) is 5.75 Å². The van der Waals surface area contributed by atoms with Crippen molar-refractivity contribution in [3.63, 3.8) is 0 Å². The molecule has 0 aliphatic heterocycles. The molecule has 2 aromatic heterocycles. The Kier molecular flexibility index (Phi) is 7.88. The number of aromatic nitrogens is 4. The van der Waals surface area contributed by atoms with Gasteiger partial charge in [0.1, 0.15) is 11.3 Å². The van der Waals surface area contributed by atoms with E-state index in [1.54, 1.807) is 6.33 Å². The number of imidazole rings is 1. The summed E-state index contributed by atoms with van der Waals surface area (Å²) in [5.41, 5.74) is 7.87. The highest BCUT2D eigenvalue weighted by Gasteiger charge is 2.10. The first-order valence-corrected chi connectivity index (χ1v) is 10.6. The van der Waals surface area contributed by atoms with E-state index < -0.39 is 6.09 Å². The van der Waals surface area contributed by atoms with Crippen LogP contribution in [-0.4, -0.2) is 38.8 Å². The Morgan fingerprint density at radius 1 is 1.29 bits per heavy atom. The number of halogens is 1. The number of ether oxygens (including phenoxy) is 2. The minimum absolute atomic E-state index is 0.0868. The fourth-order valence-electron chi connectivity index (χ4n) is 2.88. The average Bonchev–Trinajstić information content (AvgIpc) is 3.14. The first kappa shape index (κ1) is 22.6. The lowest BCUT2D eigenvalue weighted by Gasteiger charge is -2.11. The second kappa shape index (κ2) is 10.8. The minimum atomic E-state index is -0.450. The van der Waals surface area contributed by atoms with Gasteiger partial charge in [0.2, 0.25) is 5.28 Å². The third-order valence-corrected chi connectivity index (χ3v) is 4.58. The molecule has 1 amide bonds. The first-order chi connectivity index (χ1) is 14.9. The van der Waals surface area contributed by atoms with E-state index in [0.717, 1.165) is 17.7 Å². The molecule has 3 aromatic rings. The summed E-state index contributed by atoms with van der Waals surface area (Å²) in [4.78, 5) is 24.2. The number of hydrogen-bond acceptors (Lipinski definition) is 7. The van der Waals surface area contributed by atoms with Crippen molar-refractivity contribution >= 4 is 34.7 Å². The van der Waals surface area contributed by atoms with E-state index in [1.807, 2.05) is 28.8 Å². The molecule has 9 nitrogen and oxygen atoms in total. The van der Waals surface area contributed by atoms with Gasteiger partial charge in [-0.1, -0.05) is 26.0 Å². The first-order valence-electron chi connectivity index (χ1n) is 10.2. The SMILES string of the molecule is CC(C)COc1cccc(CNC(=O)OCCCCn2cnc3c(N)nc(Cl)nc32)c1. The fourth-order valence-corrected chi connectivity index (χ4v) is 3.06. The number of unbranched alkanes of at least 4 members (excludes halogenated alkanes) is 1. The maximum Gasteiger partial charge on any atom is 0.407 e. The molecular formula is C21H27ClN6O3. The molecule has 31 heavy (non-hydrogen) atoms. The summed E-state index contributed by atoms with van der Waals surface area (Å²) < 4.78 is 12.8. The molecule has 0 saturated heterocycles. The van der Waals surface area contributed by atoms with E-state index in [0.29, 0.717) is 49.8 Å². The van der Waals surface area contributed by atoms with Gasteiger partial charge in [-0.05, 0) is 48.1 Å². The Morgan fingerprint density at radius 2 is 2.13 bits per heavy atom. The molecule has 3 rings (SSSR count). The number of rotatable bonds is 10. The van der Waals surface area contributed by atoms with Crippen molar-refractivity contribution in [2.75, 3.05) is 18.9 Å². The van der Waals surface area contributed by atoms with Crippen molar-refractivity contribution < 1.29 is 14.3 Å². The van der Waals surface area contributed by atoms with Crippen LogP contribution in [-0.2, 0) is 17.8 Å². The molecule has 0 fully saturated rings. The Balaban J connectivity index is 1.36. The van der Waals surface area contributed by atoms with Crippen LogP contribution in [0.2, 0.25) is 5.28 Å². The van der Waals surface area contributed by atoms with Gasteiger partial charge in [0.25, 0.3) is 0 Å². The van der Waals surface area contributed by atoms with E-state index in [1.165, 1.54) is 0 Å².